The fraction of sp³-hybridized carbons (Fsp3) is 0.333. The lowest BCUT2D eigenvalue weighted by molar-refractivity contribution is -0.385. The molecular weight excluding hydrogens is 438 g/mol. The number of hydrogen-bond donors (Lipinski definition) is 1. The van der Waals surface area contributed by atoms with Crippen LogP contribution in [0.1, 0.15) is 26.3 Å². The van der Waals surface area contributed by atoms with Gasteiger partial charge < -0.3 is 24.2 Å². The van der Waals surface area contributed by atoms with Gasteiger partial charge >= 0.3 is 17.8 Å². The second-order valence-electron chi connectivity index (χ2n) is 6.42. The Bertz CT molecular complexity index is 1040. The highest BCUT2D eigenvalue weighted by molar-refractivity contribution is 6.01. The predicted molar refractivity (Wildman–Crippen MR) is 114 cm³/mol. The highest BCUT2D eigenvalue weighted by atomic mass is 16.7. The number of phenols is 1. The highest BCUT2D eigenvalue weighted by Gasteiger charge is 2.25. The summed E-state index contributed by atoms with van der Waals surface area (Å²) in [5.41, 5.74) is -1.43. The summed E-state index contributed by atoms with van der Waals surface area (Å²) in [6.45, 7) is 8.83. The summed E-state index contributed by atoms with van der Waals surface area (Å²) < 4.78 is 14.2. The number of esters is 1. The summed E-state index contributed by atoms with van der Waals surface area (Å²) in [4.78, 5) is 47.8. The number of amides is 1. The number of nitriles is 1. The topological polar surface area (TPSA) is 169 Å². The van der Waals surface area contributed by atoms with Crippen LogP contribution in [-0.2, 0) is 19.1 Å². The molecule has 0 aliphatic heterocycles. The van der Waals surface area contributed by atoms with Gasteiger partial charge in [0.15, 0.2) is 5.75 Å². The molecule has 1 aromatic rings. The van der Waals surface area contributed by atoms with Crippen molar-refractivity contribution in [2.45, 2.75) is 26.9 Å². The number of rotatable bonds is 9. The summed E-state index contributed by atoms with van der Waals surface area (Å²) in [6, 6.07) is 3.64. The lowest BCUT2D eigenvalue weighted by Crippen LogP contribution is -2.31. The average molecular weight is 461 g/mol. The number of carbonyl (C=O) groups is 3. The van der Waals surface area contributed by atoms with Gasteiger partial charge in [-0.25, -0.2) is 9.59 Å². The third-order valence-electron chi connectivity index (χ3n) is 4.39. The number of hydrogen-bond acceptors (Lipinski definition) is 10. The van der Waals surface area contributed by atoms with Crippen LogP contribution in [-0.4, -0.2) is 59.3 Å². The maximum absolute atomic E-state index is 12.5. The predicted octanol–water partition coefficient (Wildman–Crippen LogP) is 2.71. The molecule has 0 aliphatic rings. The first-order valence-corrected chi connectivity index (χ1v) is 9.58. The van der Waals surface area contributed by atoms with Crippen molar-refractivity contribution in [3.8, 4) is 17.6 Å². The lowest BCUT2D eigenvalue weighted by Gasteiger charge is -2.17. The number of aromatic hydroxyl groups is 1. The molecule has 33 heavy (non-hydrogen) atoms. The Morgan fingerprint density at radius 2 is 1.94 bits per heavy atom. The summed E-state index contributed by atoms with van der Waals surface area (Å²) in [5.74, 6) is -3.08. The number of phenolic OH excluding ortho intramolecular Hbond substituents is 1. The first kappa shape index (κ1) is 26.6. The van der Waals surface area contributed by atoms with E-state index in [1.807, 2.05) is 0 Å². The molecule has 0 heterocycles. The third kappa shape index (κ3) is 6.79. The Balaban J connectivity index is 3.33. The van der Waals surface area contributed by atoms with Gasteiger partial charge in [-0.05, 0) is 38.5 Å². The molecule has 1 amide bonds. The van der Waals surface area contributed by atoms with E-state index in [1.54, 1.807) is 19.9 Å². The van der Waals surface area contributed by atoms with Crippen molar-refractivity contribution in [1.29, 1.82) is 5.26 Å². The molecule has 1 unspecified atom stereocenters. The van der Waals surface area contributed by atoms with Crippen molar-refractivity contribution in [1.82, 2.24) is 4.90 Å². The SMILES string of the molecule is C=C(C(=O)OC)C(C)OC(=O)Oc1cc(/C=C(\C#N)C(=O)N(CC)CC)cc([N+](=O)[O-])c1O. The number of ether oxygens (including phenoxy) is 3. The molecule has 12 nitrogen and oxygen atoms in total. The molecule has 1 atom stereocenters. The van der Waals surface area contributed by atoms with Gasteiger partial charge in [-0.1, -0.05) is 6.58 Å². The van der Waals surface area contributed by atoms with Crippen molar-refractivity contribution < 1.29 is 38.6 Å². The fourth-order valence-electron chi connectivity index (χ4n) is 2.53. The Morgan fingerprint density at radius 1 is 1.33 bits per heavy atom. The van der Waals surface area contributed by atoms with Crippen molar-refractivity contribution in [2.24, 2.45) is 0 Å². The van der Waals surface area contributed by atoms with E-state index in [4.69, 9.17) is 9.47 Å². The minimum absolute atomic E-state index is 0.0635. The Morgan fingerprint density at radius 3 is 2.42 bits per heavy atom. The molecule has 0 radical (unpaired) electrons. The summed E-state index contributed by atoms with van der Waals surface area (Å²) in [5, 5.41) is 30.8. The molecule has 0 saturated carbocycles. The van der Waals surface area contributed by atoms with Crippen LogP contribution in [0.4, 0.5) is 10.5 Å². The van der Waals surface area contributed by atoms with Gasteiger partial charge in [-0.3, -0.25) is 14.9 Å². The number of methoxy groups -OCH3 is 1. The maximum atomic E-state index is 12.5. The Hall–Kier alpha value is -4.40. The number of benzene rings is 1. The van der Waals surface area contributed by atoms with Crippen LogP contribution in [0, 0.1) is 21.4 Å². The van der Waals surface area contributed by atoms with Crippen LogP contribution in [0.25, 0.3) is 6.08 Å². The molecule has 176 valence electrons. The normalized spacial score (nSPS) is 11.5. The zero-order chi connectivity index (χ0) is 25.3. The van der Waals surface area contributed by atoms with Crippen LogP contribution in [0.15, 0.2) is 29.9 Å². The van der Waals surface area contributed by atoms with E-state index in [2.05, 4.69) is 11.3 Å². The Labute approximate surface area is 189 Å². The average Bonchev–Trinajstić information content (AvgIpc) is 2.78. The van der Waals surface area contributed by atoms with Crippen LogP contribution < -0.4 is 4.74 Å². The van der Waals surface area contributed by atoms with Gasteiger partial charge in [0.05, 0.1) is 17.6 Å². The minimum atomic E-state index is -1.40. The van der Waals surface area contributed by atoms with Crippen molar-refractivity contribution in [2.75, 3.05) is 20.2 Å². The number of nitro benzene ring substituents is 1. The number of carbonyl (C=O) groups excluding carboxylic acids is 3. The summed E-state index contributed by atoms with van der Waals surface area (Å²) in [7, 11) is 1.11. The van der Waals surface area contributed by atoms with Gasteiger partial charge in [0, 0.05) is 19.2 Å². The van der Waals surface area contributed by atoms with E-state index in [9.17, 15) is 34.9 Å². The third-order valence-corrected chi connectivity index (χ3v) is 4.39. The quantitative estimate of drug-likeness (QED) is 0.144. The molecule has 0 aliphatic carbocycles. The van der Waals surface area contributed by atoms with E-state index in [1.165, 1.54) is 11.8 Å². The van der Waals surface area contributed by atoms with Crippen molar-refractivity contribution >= 4 is 29.8 Å². The van der Waals surface area contributed by atoms with E-state index >= 15 is 0 Å². The smallest absolute Gasteiger partial charge is 0.499 e. The maximum Gasteiger partial charge on any atom is 0.514 e. The van der Waals surface area contributed by atoms with Crippen LogP contribution in [0.5, 0.6) is 11.5 Å². The van der Waals surface area contributed by atoms with E-state index in [0.29, 0.717) is 13.1 Å². The molecular formula is C21H23N3O9. The molecule has 0 fully saturated rings. The molecule has 0 spiro atoms. The molecule has 1 rings (SSSR count). The first-order valence-electron chi connectivity index (χ1n) is 9.58. The molecule has 0 bridgehead atoms. The molecule has 1 aromatic carbocycles. The molecule has 12 heteroatoms. The summed E-state index contributed by atoms with van der Waals surface area (Å²) >= 11 is 0. The number of nitro groups is 1. The second-order valence-corrected chi connectivity index (χ2v) is 6.42. The zero-order valence-corrected chi connectivity index (χ0v) is 18.5. The van der Waals surface area contributed by atoms with E-state index in [-0.39, 0.29) is 16.7 Å². The van der Waals surface area contributed by atoms with E-state index < -0.39 is 46.2 Å². The van der Waals surface area contributed by atoms with Gasteiger partial charge in [0.1, 0.15) is 17.7 Å². The monoisotopic (exact) mass is 461 g/mol. The van der Waals surface area contributed by atoms with Crippen LogP contribution in [0.2, 0.25) is 0 Å². The lowest BCUT2D eigenvalue weighted by atomic mass is 10.1. The fourth-order valence-corrected chi connectivity index (χ4v) is 2.53. The van der Waals surface area contributed by atoms with Gasteiger partial charge in [0.2, 0.25) is 5.75 Å². The largest absolute Gasteiger partial charge is 0.514 e. The van der Waals surface area contributed by atoms with Crippen molar-refractivity contribution in [3.05, 3.63) is 45.5 Å². The van der Waals surface area contributed by atoms with Crippen LogP contribution in [0.3, 0.4) is 0 Å². The first-order chi connectivity index (χ1) is 15.5. The van der Waals surface area contributed by atoms with Crippen molar-refractivity contribution in [3.63, 3.8) is 0 Å². The minimum Gasteiger partial charge on any atom is -0.499 e. The van der Waals surface area contributed by atoms with Gasteiger partial charge in [0.25, 0.3) is 5.91 Å². The van der Waals surface area contributed by atoms with Gasteiger partial charge in [-0.2, -0.15) is 5.26 Å². The zero-order valence-electron chi connectivity index (χ0n) is 18.5. The second kappa shape index (κ2) is 11.8. The van der Waals surface area contributed by atoms with Crippen LogP contribution >= 0.6 is 0 Å². The van der Waals surface area contributed by atoms with Gasteiger partial charge in [-0.15, -0.1) is 0 Å². The summed E-state index contributed by atoms with van der Waals surface area (Å²) in [6.07, 6.45) is -1.51. The number of likely N-dealkylation sites (N-methyl/N-ethyl adjacent to an activating group) is 1. The number of nitrogens with zero attached hydrogens (tertiary/aromatic N) is 3. The molecule has 1 N–H and O–H groups in total. The molecule has 0 saturated heterocycles. The Kier molecular flexibility index (Phi) is 9.56. The van der Waals surface area contributed by atoms with E-state index in [0.717, 1.165) is 25.3 Å². The highest BCUT2D eigenvalue weighted by Crippen LogP contribution is 2.38. The molecule has 0 aromatic heterocycles. The standard InChI is InChI=1S/C21H23N3O9/c1-6-23(7-2)19(26)15(11-22)8-14-9-16(24(29)30)18(25)17(10-14)33-21(28)32-13(4)12(3)20(27)31-5/h8-10,13,25H,3,6-7H2,1-2,4-5H3/b15-8+.